The molecule has 3 saturated carbocycles. The van der Waals surface area contributed by atoms with Crippen LogP contribution >= 0.6 is 0 Å². The highest BCUT2D eigenvalue weighted by Crippen LogP contribution is 2.67. The molecule has 142 valence electrons. The van der Waals surface area contributed by atoms with Crippen molar-refractivity contribution in [1.82, 2.24) is 0 Å². The molecule has 7 atom stereocenters. The molecule has 4 aliphatic carbocycles. The minimum absolute atomic E-state index is 0.0623. The molecule has 0 heterocycles. The van der Waals surface area contributed by atoms with Gasteiger partial charge in [-0.1, -0.05) is 27.4 Å². The average Bonchev–Trinajstić information content (AvgIpc) is 2.84. The Balaban J connectivity index is 1.85. The first-order valence-electron chi connectivity index (χ1n) is 9.86. The van der Waals surface area contributed by atoms with Crippen LogP contribution in [0.4, 0.5) is 4.39 Å². The van der Waals surface area contributed by atoms with Crippen molar-refractivity contribution >= 4 is 11.6 Å². The standard InChI is InChI=1S/C22H29FO3/c1-11-12(2)18-19(26-5)16(24)7-9-21(18,3)13-6-8-22(4)14(17(11)13)10-15(23)20(22)25/h11,13-15,17H,2,6-10H2,1,3-5H3/t11?,13-,14+,15?,17-,21-,22+/m1/s1. The van der Waals surface area contributed by atoms with Crippen LogP contribution < -0.4 is 0 Å². The lowest BCUT2D eigenvalue weighted by Crippen LogP contribution is -2.54. The smallest absolute Gasteiger partial charge is 0.197 e. The number of carbonyl (C=O) groups is 2. The Morgan fingerprint density at radius 3 is 2.50 bits per heavy atom. The quantitative estimate of drug-likeness (QED) is 0.695. The molecular weight excluding hydrogens is 331 g/mol. The van der Waals surface area contributed by atoms with Crippen LogP contribution in [0.2, 0.25) is 0 Å². The summed E-state index contributed by atoms with van der Waals surface area (Å²) in [7, 11) is 1.57. The summed E-state index contributed by atoms with van der Waals surface area (Å²) in [6, 6.07) is 0. The number of ether oxygens (including phenoxy) is 1. The van der Waals surface area contributed by atoms with E-state index in [4.69, 9.17) is 4.74 Å². The second-order valence-electron chi connectivity index (χ2n) is 9.38. The molecular formula is C22H29FO3. The number of methoxy groups -OCH3 is 1. The summed E-state index contributed by atoms with van der Waals surface area (Å²) >= 11 is 0. The summed E-state index contributed by atoms with van der Waals surface area (Å²) in [6.45, 7) is 10.7. The molecule has 3 nitrogen and oxygen atoms in total. The number of allylic oxidation sites excluding steroid dienone is 2. The van der Waals surface area contributed by atoms with Crippen LogP contribution in [-0.2, 0) is 14.3 Å². The van der Waals surface area contributed by atoms with E-state index in [1.165, 1.54) is 0 Å². The van der Waals surface area contributed by atoms with Gasteiger partial charge in [0, 0.05) is 22.8 Å². The lowest BCUT2D eigenvalue weighted by molar-refractivity contribution is -0.136. The molecule has 0 aliphatic heterocycles. The topological polar surface area (TPSA) is 43.4 Å². The van der Waals surface area contributed by atoms with Gasteiger partial charge in [-0.25, -0.2) is 4.39 Å². The third kappa shape index (κ3) is 1.99. The van der Waals surface area contributed by atoms with E-state index < -0.39 is 11.6 Å². The molecule has 0 spiro atoms. The van der Waals surface area contributed by atoms with Gasteiger partial charge in [0.05, 0.1) is 7.11 Å². The summed E-state index contributed by atoms with van der Waals surface area (Å²) in [5.41, 5.74) is 1.24. The molecule has 0 bridgehead atoms. The van der Waals surface area contributed by atoms with E-state index in [0.29, 0.717) is 24.5 Å². The number of ketones is 2. The van der Waals surface area contributed by atoms with Crippen molar-refractivity contribution in [1.29, 1.82) is 0 Å². The van der Waals surface area contributed by atoms with Crippen LogP contribution in [0.15, 0.2) is 23.5 Å². The van der Waals surface area contributed by atoms with Gasteiger partial charge >= 0.3 is 0 Å². The van der Waals surface area contributed by atoms with E-state index in [-0.39, 0.29) is 34.7 Å². The highest BCUT2D eigenvalue weighted by atomic mass is 19.1. The summed E-state index contributed by atoms with van der Waals surface area (Å²) in [5, 5.41) is 0. The number of carbonyl (C=O) groups excluding carboxylic acids is 2. The molecule has 0 aromatic carbocycles. The maximum absolute atomic E-state index is 14.4. The fourth-order valence-electron chi connectivity index (χ4n) is 6.96. The van der Waals surface area contributed by atoms with Crippen LogP contribution in [0.1, 0.15) is 52.9 Å². The van der Waals surface area contributed by atoms with Crippen molar-refractivity contribution < 1.29 is 18.7 Å². The molecule has 2 unspecified atom stereocenters. The zero-order chi connectivity index (χ0) is 19.0. The zero-order valence-electron chi connectivity index (χ0n) is 16.2. The SMILES string of the molecule is C=C1C2=C(OC)C(=O)CC[C@]2(C)[C@@H]2CC[C@]3(C)C(=O)C(F)C[C@H]3[C@@H]2C1C. The van der Waals surface area contributed by atoms with Crippen molar-refractivity contribution in [2.45, 2.75) is 59.0 Å². The number of halogens is 1. The van der Waals surface area contributed by atoms with E-state index in [0.717, 1.165) is 30.4 Å². The van der Waals surface area contributed by atoms with Gasteiger partial charge in [-0.05, 0) is 54.9 Å². The van der Waals surface area contributed by atoms with Crippen LogP contribution in [0.3, 0.4) is 0 Å². The van der Waals surface area contributed by atoms with Gasteiger partial charge in [-0.2, -0.15) is 0 Å². The van der Waals surface area contributed by atoms with Gasteiger partial charge in [0.1, 0.15) is 0 Å². The van der Waals surface area contributed by atoms with Gasteiger partial charge < -0.3 is 4.74 Å². The summed E-state index contributed by atoms with van der Waals surface area (Å²) in [6.07, 6.45) is 1.95. The number of alkyl halides is 1. The van der Waals surface area contributed by atoms with Crippen LogP contribution in [0.5, 0.6) is 0 Å². The highest BCUT2D eigenvalue weighted by Gasteiger charge is 2.64. The molecule has 3 fully saturated rings. The second-order valence-corrected chi connectivity index (χ2v) is 9.38. The first-order valence-corrected chi connectivity index (χ1v) is 9.86. The fraction of sp³-hybridized carbons (Fsp3) is 0.727. The third-order valence-corrected chi connectivity index (χ3v) is 8.42. The number of hydrogen-bond acceptors (Lipinski definition) is 3. The maximum Gasteiger partial charge on any atom is 0.197 e. The number of hydrogen-bond donors (Lipinski definition) is 0. The van der Waals surface area contributed by atoms with E-state index in [1.807, 2.05) is 6.92 Å². The Labute approximate surface area is 155 Å². The van der Waals surface area contributed by atoms with Crippen molar-refractivity contribution in [2.75, 3.05) is 7.11 Å². The largest absolute Gasteiger partial charge is 0.493 e. The monoisotopic (exact) mass is 360 g/mol. The summed E-state index contributed by atoms with van der Waals surface area (Å²) in [4.78, 5) is 25.0. The van der Waals surface area contributed by atoms with Gasteiger partial charge in [0.25, 0.3) is 0 Å². The lowest BCUT2D eigenvalue weighted by Gasteiger charge is -2.59. The molecule has 0 N–H and O–H groups in total. The van der Waals surface area contributed by atoms with Gasteiger partial charge in [-0.3, -0.25) is 9.59 Å². The van der Waals surface area contributed by atoms with Crippen molar-refractivity contribution in [3.05, 3.63) is 23.5 Å². The van der Waals surface area contributed by atoms with Crippen molar-refractivity contribution in [2.24, 2.45) is 34.5 Å². The molecule has 0 aromatic heterocycles. The molecule has 4 rings (SSSR count). The Kier molecular flexibility index (Phi) is 3.81. The van der Waals surface area contributed by atoms with Crippen LogP contribution in [-0.4, -0.2) is 24.8 Å². The average molecular weight is 360 g/mol. The second kappa shape index (κ2) is 5.53. The normalized spacial score (nSPS) is 48.2. The molecule has 4 aliphatic rings. The first kappa shape index (κ1) is 17.9. The predicted molar refractivity (Wildman–Crippen MR) is 97.0 cm³/mol. The minimum atomic E-state index is -1.32. The Morgan fingerprint density at radius 1 is 1.15 bits per heavy atom. The lowest BCUT2D eigenvalue weighted by atomic mass is 9.44. The minimum Gasteiger partial charge on any atom is -0.493 e. The van der Waals surface area contributed by atoms with Gasteiger partial charge in [0.15, 0.2) is 23.5 Å². The molecule has 0 amide bonds. The maximum atomic E-state index is 14.4. The van der Waals surface area contributed by atoms with E-state index >= 15 is 0 Å². The summed E-state index contributed by atoms with van der Waals surface area (Å²) < 4.78 is 19.9. The summed E-state index contributed by atoms with van der Waals surface area (Å²) in [5.74, 6) is 1.12. The van der Waals surface area contributed by atoms with Crippen LogP contribution in [0, 0.1) is 34.5 Å². The Hall–Kier alpha value is -1.45. The molecule has 4 heteroatoms. The third-order valence-electron chi connectivity index (χ3n) is 8.42. The van der Waals surface area contributed by atoms with E-state index in [1.54, 1.807) is 7.11 Å². The number of rotatable bonds is 1. The van der Waals surface area contributed by atoms with Crippen molar-refractivity contribution in [3.63, 3.8) is 0 Å². The molecule has 0 saturated heterocycles. The first-order chi connectivity index (χ1) is 12.2. The van der Waals surface area contributed by atoms with Gasteiger partial charge in [0.2, 0.25) is 0 Å². The van der Waals surface area contributed by atoms with Gasteiger partial charge in [-0.15, -0.1) is 0 Å². The van der Waals surface area contributed by atoms with Crippen molar-refractivity contribution in [3.8, 4) is 0 Å². The Morgan fingerprint density at radius 2 is 1.85 bits per heavy atom. The van der Waals surface area contributed by atoms with Crippen LogP contribution in [0.25, 0.3) is 0 Å². The Bertz CT molecular complexity index is 738. The fourth-order valence-corrected chi connectivity index (χ4v) is 6.96. The zero-order valence-corrected chi connectivity index (χ0v) is 16.2. The number of Topliss-reactive ketones (excluding diaryl/α,β-unsaturated/α-hetero) is 2. The molecule has 0 aromatic rings. The van der Waals surface area contributed by atoms with E-state index in [9.17, 15) is 14.0 Å². The number of fused-ring (bicyclic) bond motifs is 5. The molecule has 0 radical (unpaired) electrons. The molecule has 26 heavy (non-hydrogen) atoms. The van der Waals surface area contributed by atoms with E-state index in [2.05, 4.69) is 20.4 Å². The highest BCUT2D eigenvalue weighted by molar-refractivity contribution is 5.96. The predicted octanol–water partition coefficient (Wildman–Crippen LogP) is 4.42.